The number of methoxy groups -OCH3 is 3. The summed E-state index contributed by atoms with van der Waals surface area (Å²) < 4.78 is 48.8. The van der Waals surface area contributed by atoms with Crippen molar-refractivity contribution in [1.82, 2.24) is 9.71 Å². The Morgan fingerprint density at radius 1 is 0.867 bits per heavy atom. The van der Waals surface area contributed by atoms with Crippen molar-refractivity contribution < 1.29 is 41.7 Å². The molecule has 2 heterocycles. The van der Waals surface area contributed by atoms with E-state index in [1.54, 1.807) is 30.3 Å². The van der Waals surface area contributed by atoms with Crippen LogP contribution < -0.4 is 29.6 Å². The van der Waals surface area contributed by atoms with Gasteiger partial charge in [0.1, 0.15) is 27.0 Å². The number of aromatic nitrogens is 1. The first-order valence-corrected chi connectivity index (χ1v) is 15.7. The number of esters is 1. The van der Waals surface area contributed by atoms with Crippen LogP contribution in [0.3, 0.4) is 0 Å². The maximum atomic E-state index is 13.4. The molecular formula is C30H30N4O9S2. The zero-order valence-electron chi connectivity index (χ0n) is 24.5. The molecule has 13 nitrogen and oxygen atoms in total. The molecule has 2 aromatic carbocycles. The van der Waals surface area contributed by atoms with Crippen LogP contribution in [-0.2, 0) is 14.8 Å². The quantitative estimate of drug-likeness (QED) is 0.132. The zero-order valence-corrected chi connectivity index (χ0v) is 26.1. The van der Waals surface area contributed by atoms with Crippen molar-refractivity contribution in [3.05, 3.63) is 88.4 Å². The van der Waals surface area contributed by atoms with Crippen LogP contribution in [0.5, 0.6) is 17.2 Å². The second-order valence-electron chi connectivity index (χ2n) is 9.13. The van der Waals surface area contributed by atoms with E-state index in [1.165, 1.54) is 63.4 Å². The lowest BCUT2D eigenvalue weighted by Crippen LogP contribution is -2.27. The first kappa shape index (κ1) is 32.9. The molecule has 15 heteroatoms. The van der Waals surface area contributed by atoms with Crippen molar-refractivity contribution >= 4 is 50.5 Å². The first-order valence-electron chi connectivity index (χ1n) is 13.3. The van der Waals surface area contributed by atoms with E-state index < -0.39 is 27.8 Å². The molecule has 236 valence electrons. The van der Waals surface area contributed by atoms with Crippen LogP contribution >= 0.6 is 11.3 Å². The monoisotopic (exact) mass is 654 g/mol. The summed E-state index contributed by atoms with van der Waals surface area (Å²) in [6.45, 7) is 0.0421. The summed E-state index contributed by atoms with van der Waals surface area (Å²) >= 11 is 0.966. The van der Waals surface area contributed by atoms with Gasteiger partial charge in [0.05, 0.1) is 51.1 Å². The minimum Gasteiger partial charge on any atom is -0.497 e. The molecule has 0 unspecified atom stereocenters. The number of nitrogens with zero attached hydrogens (tertiary/aromatic N) is 1. The van der Waals surface area contributed by atoms with E-state index in [1.807, 2.05) is 0 Å². The lowest BCUT2D eigenvalue weighted by Gasteiger charge is -2.15. The van der Waals surface area contributed by atoms with Crippen LogP contribution in [0.1, 0.15) is 36.8 Å². The average Bonchev–Trinajstić information content (AvgIpc) is 3.56. The van der Waals surface area contributed by atoms with Gasteiger partial charge in [-0.3, -0.25) is 14.6 Å². The minimum absolute atomic E-state index is 0.00143. The van der Waals surface area contributed by atoms with Gasteiger partial charge in [-0.25, -0.2) is 17.9 Å². The topological polar surface area (TPSA) is 171 Å². The van der Waals surface area contributed by atoms with Gasteiger partial charge in [0.15, 0.2) is 0 Å². The Morgan fingerprint density at radius 2 is 1.58 bits per heavy atom. The third-order valence-corrected chi connectivity index (χ3v) is 8.79. The maximum Gasteiger partial charge on any atom is 0.349 e. The standard InChI is InChI=1S/C30H30N4O9S2/c1-40-20-7-5-19(6-8-20)28(35)34-24-18-31-14-11-23(24)33-29(36)22-10-9-21(41-2)17-25(22)43-15-4-13-32-45(38,39)26-12-16-44-27(26)30(37)42-3/h5-12,14,16-18,32H,4,13,15H2,1-3H3,(H,34,35)(H,31,33,36). The van der Waals surface area contributed by atoms with Crippen LogP contribution in [-0.4, -0.2) is 65.7 Å². The molecule has 0 bridgehead atoms. The molecule has 0 aliphatic rings. The smallest absolute Gasteiger partial charge is 0.349 e. The maximum absolute atomic E-state index is 13.4. The fraction of sp³-hybridized carbons (Fsp3) is 0.200. The number of carbonyl (C=O) groups excluding carboxylic acids is 3. The summed E-state index contributed by atoms with van der Waals surface area (Å²) in [7, 11) is 0.201. The first-order chi connectivity index (χ1) is 21.7. The van der Waals surface area contributed by atoms with E-state index in [0.29, 0.717) is 22.7 Å². The molecule has 0 saturated carbocycles. The van der Waals surface area contributed by atoms with Crippen molar-refractivity contribution in [1.29, 1.82) is 0 Å². The second kappa shape index (κ2) is 15.1. The number of rotatable bonds is 14. The Balaban J connectivity index is 1.40. The van der Waals surface area contributed by atoms with Gasteiger partial charge >= 0.3 is 5.97 Å². The number of amides is 2. The van der Waals surface area contributed by atoms with Gasteiger partial charge in [-0.1, -0.05) is 0 Å². The van der Waals surface area contributed by atoms with Gasteiger partial charge in [0.25, 0.3) is 11.8 Å². The van der Waals surface area contributed by atoms with E-state index in [2.05, 4.69) is 25.1 Å². The van der Waals surface area contributed by atoms with Crippen molar-refractivity contribution in [3.8, 4) is 17.2 Å². The highest BCUT2D eigenvalue weighted by molar-refractivity contribution is 7.89. The fourth-order valence-corrected chi connectivity index (χ4v) is 6.36. The van der Waals surface area contributed by atoms with Crippen LogP contribution in [0.15, 0.2) is 77.3 Å². The normalized spacial score (nSPS) is 10.9. The lowest BCUT2D eigenvalue weighted by atomic mass is 10.1. The molecule has 2 aromatic heterocycles. The molecule has 0 radical (unpaired) electrons. The third-order valence-electron chi connectivity index (χ3n) is 6.26. The number of sulfonamides is 1. The summed E-state index contributed by atoms with van der Waals surface area (Å²) in [5.41, 5.74) is 1.12. The SMILES string of the molecule is COC(=O)c1sccc1S(=O)(=O)NCCCOc1cc(OC)ccc1C(=O)Nc1ccncc1NC(=O)c1ccc(OC)cc1. The number of nitrogens with one attached hydrogen (secondary N) is 3. The number of hydrogen-bond donors (Lipinski definition) is 3. The molecule has 2 amide bonds. The van der Waals surface area contributed by atoms with E-state index in [4.69, 9.17) is 14.2 Å². The molecule has 3 N–H and O–H groups in total. The van der Waals surface area contributed by atoms with E-state index >= 15 is 0 Å². The van der Waals surface area contributed by atoms with Crippen LogP contribution in [0, 0.1) is 0 Å². The summed E-state index contributed by atoms with van der Waals surface area (Å²) in [4.78, 5) is 41.9. The fourth-order valence-electron chi connectivity index (χ4n) is 3.96. The number of thiophene rings is 1. The molecule has 4 aromatic rings. The van der Waals surface area contributed by atoms with E-state index in [9.17, 15) is 22.8 Å². The number of carbonyl (C=O) groups is 3. The van der Waals surface area contributed by atoms with Crippen LogP contribution in [0.2, 0.25) is 0 Å². The van der Waals surface area contributed by atoms with Gasteiger partial charge in [-0.2, -0.15) is 0 Å². The van der Waals surface area contributed by atoms with Crippen LogP contribution in [0.4, 0.5) is 11.4 Å². The number of hydrogen-bond acceptors (Lipinski definition) is 11. The highest BCUT2D eigenvalue weighted by Gasteiger charge is 2.24. The van der Waals surface area contributed by atoms with Crippen molar-refractivity contribution in [3.63, 3.8) is 0 Å². The predicted octanol–water partition coefficient (Wildman–Crippen LogP) is 4.20. The molecule has 0 fully saturated rings. The largest absolute Gasteiger partial charge is 0.497 e. The Kier molecular flexibility index (Phi) is 11.1. The number of ether oxygens (including phenoxy) is 4. The molecule has 0 atom stereocenters. The summed E-state index contributed by atoms with van der Waals surface area (Å²) in [6, 6.07) is 14.0. The van der Waals surface area contributed by atoms with Crippen molar-refractivity contribution in [2.24, 2.45) is 0 Å². The molecule has 45 heavy (non-hydrogen) atoms. The molecule has 0 spiro atoms. The summed E-state index contributed by atoms with van der Waals surface area (Å²) in [5, 5.41) is 7.01. The van der Waals surface area contributed by atoms with Gasteiger partial charge in [-0.05, 0) is 60.3 Å². The Labute approximate surface area is 263 Å². The Bertz CT molecular complexity index is 1770. The Morgan fingerprint density at radius 3 is 2.29 bits per heavy atom. The molecular weight excluding hydrogens is 624 g/mol. The third kappa shape index (κ3) is 8.35. The summed E-state index contributed by atoms with van der Waals surface area (Å²) in [6.07, 6.45) is 3.12. The average molecular weight is 655 g/mol. The lowest BCUT2D eigenvalue weighted by molar-refractivity contribution is 0.0602. The highest BCUT2D eigenvalue weighted by Crippen LogP contribution is 2.28. The van der Waals surface area contributed by atoms with Gasteiger partial charge < -0.3 is 29.6 Å². The van der Waals surface area contributed by atoms with E-state index in [0.717, 1.165) is 11.3 Å². The number of pyridine rings is 1. The number of benzene rings is 2. The highest BCUT2D eigenvalue weighted by atomic mass is 32.2. The van der Waals surface area contributed by atoms with Crippen molar-refractivity contribution in [2.45, 2.75) is 11.3 Å². The molecule has 0 aliphatic carbocycles. The molecule has 4 rings (SSSR count). The van der Waals surface area contributed by atoms with Gasteiger partial charge in [-0.15, -0.1) is 11.3 Å². The van der Waals surface area contributed by atoms with E-state index in [-0.39, 0.29) is 46.3 Å². The predicted molar refractivity (Wildman–Crippen MR) is 167 cm³/mol. The zero-order chi connectivity index (χ0) is 32.4. The molecule has 0 saturated heterocycles. The second-order valence-corrected chi connectivity index (χ2v) is 11.8. The summed E-state index contributed by atoms with van der Waals surface area (Å²) in [5.74, 6) is -0.453. The van der Waals surface area contributed by atoms with Crippen molar-refractivity contribution in [2.75, 3.05) is 45.1 Å². The number of anilines is 2. The molecule has 0 aliphatic heterocycles. The Hall–Kier alpha value is -4.99. The minimum atomic E-state index is -3.97. The van der Waals surface area contributed by atoms with Gasteiger partial charge in [0.2, 0.25) is 10.0 Å². The van der Waals surface area contributed by atoms with Gasteiger partial charge in [0, 0.05) is 24.4 Å². The van der Waals surface area contributed by atoms with Crippen LogP contribution in [0.25, 0.3) is 0 Å².